The first kappa shape index (κ1) is 86.7. The number of allylic oxidation sites excluding steroid dienone is 2. The summed E-state index contributed by atoms with van der Waals surface area (Å²) in [4.78, 5) is 110. The van der Waals surface area contributed by atoms with Gasteiger partial charge in [0.25, 0.3) is 0 Å². The zero-order valence-electron chi connectivity index (χ0n) is 51.5. The van der Waals surface area contributed by atoms with E-state index in [2.05, 4.69) is 68.0 Å². The topological polar surface area (TPSA) is 342 Å². The standard InChI is InChI=1S/C48H76N2O22.C5H8O2.C4H6O.C3H4O.2H2/c1-7-40(51)66-25-18-59-33-47(32-58-6,34-60-19-26-67-41(52)8-2)35-64-23-30-71-45(56)49-16-14-12-13-15-17-50-46(57)72-31-24-65-39-48(36-61-20-27-68-42(53)9-3,37-62-21-28-69-43(54)10-4)38-63-22-29-70-44(55)11-5;1-3-5(6)7-4-2;1-3-4(2)5;1-2-3-4;;/h7-11H,1-5,12-39H2,6H3,(H,49,56)(H,50,57);3H,1,4H2,2H3;3H,1H2,2H3;2-3H,1H2;2*1H. The fourth-order valence-corrected chi connectivity index (χ4v) is 5.80. The van der Waals surface area contributed by atoms with E-state index in [1.54, 1.807) is 6.92 Å². The van der Waals surface area contributed by atoms with E-state index < -0.39 is 52.9 Å². The number of nitrogens with one attached hydrogen (secondary N) is 2. The van der Waals surface area contributed by atoms with Crippen molar-refractivity contribution in [2.45, 2.75) is 39.5 Å². The van der Waals surface area contributed by atoms with Crippen LogP contribution in [-0.4, -0.2) is 232 Å². The second kappa shape index (κ2) is 63.8. The molecule has 0 bridgehead atoms. The van der Waals surface area contributed by atoms with Crippen molar-refractivity contribution in [3.63, 3.8) is 0 Å². The van der Waals surface area contributed by atoms with Gasteiger partial charge in [-0.1, -0.05) is 65.5 Å². The van der Waals surface area contributed by atoms with Crippen molar-refractivity contribution in [1.29, 1.82) is 0 Å². The molecule has 88 heavy (non-hydrogen) atoms. The average Bonchev–Trinajstić information content (AvgIpc) is 3.50. The molecule has 28 nitrogen and oxygen atoms in total. The Kier molecular flexibility index (Phi) is 62.9. The van der Waals surface area contributed by atoms with Gasteiger partial charge < -0.3 is 86.4 Å². The van der Waals surface area contributed by atoms with Crippen LogP contribution in [0, 0.1) is 10.8 Å². The molecule has 0 radical (unpaired) electrons. The molecule has 0 atom stereocenters. The van der Waals surface area contributed by atoms with Crippen LogP contribution < -0.4 is 10.6 Å². The Morgan fingerprint density at radius 2 is 0.591 bits per heavy atom. The summed E-state index contributed by atoms with van der Waals surface area (Å²) in [5.41, 5.74) is -1.76. The highest BCUT2D eigenvalue weighted by Gasteiger charge is 2.34. The number of methoxy groups -OCH3 is 1. The molecular weight excluding hydrogens is 1160 g/mol. The van der Waals surface area contributed by atoms with Gasteiger partial charge in [-0.25, -0.2) is 38.4 Å². The van der Waals surface area contributed by atoms with E-state index in [1.165, 1.54) is 26.2 Å². The third-order valence-corrected chi connectivity index (χ3v) is 9.90. The van der Waals surface area contributed by atoms with Crippen LogP contribution in [0.4, 0.5) is 9.59 Å². The van der Waals surface area contributed by atoms with Crippen molar-refractivity contribution in [2.75, 3.05) is 172 Å². The smallest absolute Gasteiger partial charge is 0.407 e. The van der Waals surface area contributed by atoms with Gasteiger partial charge in [-0.15, -0.1) is 0 Å². The monoisotopic (exact) mass is 1260 g/mol. The molecule has 28 heteroatoms. The van der Waals surface area contributed by atoms with Crippen LogP contribution in [-0.2, 0) is 114 Å². The first-order chi connectivity index (χ1) is 42.3. The Balaban J connectivity index is -0.000000861. The normalized spacial score (nSPS) is 10.2. The molecule has 2 N–H and O–H groups in total. The maximum atomic E-state index is 12.3. The molecule has 0 aromatic heterocycles. The molecule has 2 amide bonds. The lowest BCUT2D eigenvalue weighted by molar-refractivity contribution is -0.146. The number of unbranched alkanes of at least 4 members (excludes halogenated alkanes) is 3. The highest BCUT2D eigenvalue weighted by molar-refractivity contribution is 5.86. The zero-order valence-corrected chi connectivity index (χ0v) is 51.5. The van der Waals surface area contributed by atoms with Crippen LogP contribution in [0.5, 0.6) is 0 Å². The van der Waals surface area contributed by atoms with Gasteiger partial charge in [0, 0.05) is 59.5 Å². The van der Waals surface area contributed by atoms with Crippen molar-refractivity contribution in [1.82, 2.24) is 10.6 Å². The Bertz CT molecular complexity index is 1930. The van der Waals surface area contributed by atoms with Gasteiger partial charge >= 0.3 is 48.0 Å². The van der Waals surface area contributed by atoms with Gasteiger partial charge in [-0.3, -0.25) is 9.59 Å². The number of hydrogen-bond acceptors (Lipinski definition) is 26. The molecule has 0 aliphatic carbocycles. The van der Waals surface area contributed by atoms with E-state index in [4.69, 9.17) is 75.8 Å². The number of carbonyl (C=O) groups is 10. The number of rotatable bonds is 53. The number of ether oxygens (including phenoxy) is 16. The quantitative estimate of drug-likeness (QED) is 0.0273. The number of alkyl carbamates (subject to hydrolysis) is 2. The predicted octanol–water partition coefficient (Wildman–Crippen LogP) is 4.74. The maximum absolute atomic E-state index is 12.3. The van der Waals surface area contributed by atoms with E-state index in [0.29, 0.717) is 38.8 Å². The number of carbonyl (C=O) groups excluding carboxylic acids is 10. The first-order valence-electron chi connectivity index (χ1n) is 27.6. The summed E-state index contributed by atoms with van der Waals surface area (Å²) in [6, 6.07) is 0. The summed E-state index contributed by atoms with van der Waals surface area (Å²) in [6.07, 6.45) is 11.1. The average molecular weight is 1260 g/mol. The molecule has 504 valence electrons. The minimum absolute atomic E-state index is 0. The van der Waals surface area contributed by atoms with Crippen molar-refractivity contribution in [3.8, 4) is 0 Å². The van der Waals surface area contributed by atoms with E-state index in [9.17, 15) is 43.2 Å². The lowest BCUT2D eigenvalue weighted by Gasteiger charge is -2.33. The van der Waals surface area contributed by atoms with Gasteiger partial charge in [-0.2, -0.15) is 0 Å². The van der Waals surface area contributed by atoms with Crippen molar-refractivity contribution < 1.29 is 127 Å². The van der Waals surface area contributed by atoms with Crippen molar-refractivity contribution >= 4 is 60.1 Å². The number of ketones is 1. The molecule has 0 fully saturated rings. The van der Waals surface area contributed by atoms with Gasteiger partial charge in [0.05, 0.1) is 117 Å². The molecule has 0 heterocycles. The highest BCUT2D eigenvalue weighted by Crippen LogP contribution is 2.22. The van der Waals surface area contributed by atoms with E-state index >= 15 is 0 Å². The van der Waals surface area contributed by atoms with Gasteiger partial charge in [0.2, 0.25) is 0 Å². The zero-order chi connectivity index (χ0) is 66.8. The van der Waals surface area contributed by atoms with E-state index in [-0.39, 0.29) is 160 Å². The molecule has 0 aromatic carbocycles. The summed E-state index contributed by atoms with van der Waals surface area (Å²) >= 11 is 0. The Labute approximate surface area is 519 Å². The second-order valence-corrected chi connectivity index (χ2v) is 17.3. The minimum atomic E-state index is -0.963. The fraction of sp³-hybridized carbons (Fsp3) is 0.567. The van der Waals surface area contributed by atoms with Crippen molar-refractivity contribution in [2.24, 2.45) is 10.8 Å². The molecule has 0 unspecified atom stereocenters. The van der Waals surface area contributed by atoms with Crippen LogP contribution in [0.25, 0.3) is 0 Å². The third-order valence-electron chi connectivity index (χ3n) is 9.90. The molecule has 0 spiro atoms. The molecule has 0 aliphatic rings. The highest BCUT2D eigenvalue weighted by atomic mass is 16.6. The lowest BCUT2D eigenvalue weighted by atomic mass is 9.92. The Hall–Kier alpha value is -7.70. The molecule has 0 saturated carbocycles. The third kappa shape index (κ3) is 60.0. The van der Waals surface area contributed by atoms with E-state index in [1.807, 2.05) is 0 Å². The number of esters is 6. The number of amides is 2. The van der Waals surface area contributed by atoms with Gasteiger partial charge in [0.1, 0.15) is 52.5 Å². The Morgan fingerprint density at radius 3 is 0.784 bits per heavy atom. The number of aldehydes is 1. The lowest BCUT2D eigenvalue weighted by Crippen LogP contribution is -2.43. The van der Waals surface area contributed by atoms with Crippen LogP contribution >= 0.6 is 0 Å². The molecule has 0 aromatic rings. The largest absolute Gasteiger partial charge is 0.463 e. The first-order valence-corrected chi connectivity index (χ1v) is 27.6. The molecule has 0 rings (SSSR count). The van der Waals surface area contributed by atoms with Gasteiger partial charge in [-0.05, 0) is 38.8 Å². The predicted molar refractivity (Wildman–Crippen MR) is 324 cm³/mol. The van der Waals surface area contributed by atoms with Crippen LogP contribution in [0.1, 0.15) is 42.4 Å². The molecular formula is C60H98N2O26. The number of hydrogen-bond donors (Lipinski definition) is 2. The van der Waals surface area contributed by atoms with E-state index in [0.717, 1.165) is 49.3 Å². The van der Waals surface area contributed by atoms with Gasteiger partial charge in [0.15, 0.2) is 5.78 Å². The van der Waals surface area contributed by atoms with Crippen LogP contribution in [0.15, 0.2) is 101 Å². The molecule has 0 saturated heterocycles. The fourth-order valence-electron chi connectivity index (χ4n) is 5.80. The summed E-state index contributed by atoms with van der Waals surface area (Å²) in [7, 11) is 1.51. The second-order valence-electron chi connectivity index (χ2n) is 17.3. The van der Waals surface area contributed by atoms with Crippen molar-refractivity contribution in [3.05, 3.63) is 101 Å². The SMILES string of the molecule is C=CC(=O)OCC.C=CC(=O)OCCOCC(COC)(COCCOC(=O)C=C)COCCOC(=O)NCCCCCCNC(=O)OCCOCC(COCCOC(=O)C=C)(COCCOC(=O)C=C)COCCOC(=O)C=C.C=CC(C)=O.C=CC=O.[HH].[HH]. The summed E-state index contributed by atoms with van der Waals surface area (Å²) < 4.78 is 85.6. The Morgan fingerprint density at radius 1 is 0.364 bits per heavy atom. The summed E-state index contributed by atoms with van der Waals surface area (Å²) in [5.74, 6) is -3.33. The summed E-state index contributed by atoms with van der Waals surface area (Å²) in [6.45, 7) is 31.2. The maximum Gasteiger partial charge on any atom is 0.407 e. The summed E-state index contributed by atoms with van der Waals surface area (Å²) in [5, 5.41) is 5.37. The van der Waals surface area contributed by atoms with Crippen LogP contribution in [0.3, 0.4) is 0 Å². The molecule has 0 aliphatic heterocycles. The minimum Gasteiger partial charge on any atom is -0.463 e. The van der Waals surface area contributed by atoms with Crippen LogP contribution in [0.2, 0.25) is 0 Å².